The van der Waals surface area contributed by atoms with Crippen molar-refractivity contribution in [2.75, 3.05) is 6.54 Å². The fraction of sp³-hybridized carbons (Fsp3) is 0.963. The van der Waals surface area contributed by atoms with E-state index < -0.39 is 0 Å². The van der Waals surface area contributed by atoms with E-state index in [1.807, 2.05) is 0 Å². The Morgan fingerprint density at radius 2 is 1.70 bits per heavy atom. The van der Waals surface area contributed by atoms with Crippen molar-refractivity contribution in [3.05, 3.63) is 0 Å². The Kier molecular flexibility index (Phi) is 5.41. The minimum absolute atomic E-state index is 0.0639. The van der Waals surface area contributed by atoms with Gasteiger partial charge in [0.15, 0.2) is 0 Å². The van der Waals surface area contributed by atoms with Gasteiger partial charge in [-0.1, -0.05) is 27.7 Å². The molecule has 3 heteroatoms. The van der Waals surface area contributed by atoms with Crippen molar-refractivity contribution >= 4 is 5.71 Å². The lowest BCUT2D eigenvalue weighted by molar-refractivity contribution is -0.128. The van der Waals surface area contributed by atoms with Gasteiger partial charge in [0.05, 0.1) is 12.2 Å². The van der Waals surface area contributed by atoms with Gasteiger partial charge in [-0.3, -0.25) is 4.99 Å². The molecule has 4 saturated carbocycles. The Bertz CT molecular complexity index is 690. The lowest BCUT2D eigenvalue weighted by Gasteiger charge is -2.61. The van der Waals surface area contributed by atoms with Crippen molar-refractivity contribution in [1.82, 2.24) is 0 Å². The molecule has 3 nitrogen and oxygen atoms in total. The normalized spacial score (nSPS) is 54.5. The van der Waals surface area contributed by atoms with Crippen LogP contribution in [0, 0.1) is 52.3 Å². The number of aliphatic imine (C=N–C) groups is 1. The zero-order chi connectivity index (χ0) is 21.3. The molecule has 0 bridgehead atoms. The van der Waals surface area contributed by atoms with E-state index in [2.05, 4.69) is 27.7 Å². The lowest BCUT2D eigenvalue weighted by atomic mass is 9.44. The van der Waals surface area contributed by atoms with Gasteiger partial charge in [-0.2, -0.15) is 0 Å². The first-order chi connectivity index (χ1) is 14.2. The fourth-order valence-electron chi connectivity index (χ4n) is 9.61. The minimum Gasteiger partial charge on any atom is -0.393 e. The van der Waals surface area contributed by atoms with Crippen LogP contribution in [0.15, 0.2) is 4.99 Å². The first kappa shape index (κ1) is 21.4. The molecule has 4 fully saturated rings. The minimum atomic E-state index is -0.158. The highest BCUT2D eigenvalue weighted by molar-refractivity contribution is 5.87. The summed E-state index contributed by atoms with van der Waals surface area (Å²) < 4.78 is 0. The molecule has 0 amide bonds. The number of aliphatic hydroxyl groups excluding tert-OH is 2. The van der Waals surface area contributed by atoms with E-state index in [1.54, 1.807) is 0 Å². The fourth-order valence-corrected chi connectivity index (χ4v) is 9.61. The van der Waals surface area contributed by atoms with Crippen molar-refractivity contribution in [3.63, 3.8) is 0 Å². The van der Waals surface area contributed by atoms with Crippen LogP contribution in [0.3, 0.4) is 0 Å². The predicted molar refractivity (Wildman–Crippen MR) is 122 cm³/mol. The predicted octanol–water partition coefficient (Wildman–Crippen LogP) is 5.48. The summed E-state index contributed by atoms with van der Waals surface area (Å²) in [6.07, 6.45) is 11.7. The smallest absolute Gasteiger partial charge is 0.0582 e. The largest absolute Gasteiger partial charge is 0.393 e. The van der Waals surface area contributed by atoms with Crippen LogP contribution < -0.4 is 0 Å². The van der Waals surface area contributed by atoms with Crippen LogP contribution in [0.1, 0.15) is 91.9 Å². The summed E-state index contributed by atoms with van der Waals surface area (Å²) in [5.41, 5.74) is 2.09. The molecule has 0 aromatic rings. The third-order valence-corrected chi connectivity index (χ3v) is 11.3. The molecular formula is C27H45NO2. The van der Waals surface area contributed by atoms with Gasteiger partial charge in [-0.25, -0.2) is 0 Å². The molecule has 1 heterocycles. The second-order valence-electron chi connectivity index (χ2n) is 12.7. The summed E-state index contributed by atoms with van der Waals surface area (Å²) in [5.74, 6) is 4.50. The maximum Gasteiger partial charge on any atom is 0.0582 e. The maximum atomic E-state index is 11.4. The summed E-state index contributed by atoms with van der Waals surface area (Å²) in [5, 5.41) is 21.6. The zero-order valence-electron chi connectivity index (χ0n) is 19.8. The highest BCUT2D eigenvalue weighted by Crippen LogP contribution is 2.68. The molecule has 170 valence electrons. The molecule has 5 aliphatic rings. The Balaban J connectivity index is 1.39. The molecule has 2 N–H and O–H groups in total. The molecule has 1 aliphatic heterocycles. The number of hydrogen-bond donors (Lipinski definition) is 2. The van der Waals surface area contributed by atoms with Gasteiger partial charge in [-0.05, 0) is 116 Å². The number of rotatable bonds is 2. The van der Waals surface area contributed by atoms with E-state index in [4.69, 9.17) is 4.99 Å². The van der Waals surface area contributed by atoms with Gasteiger partial charge < -0.3 is 10.2 Å². The van der Waals surface area contributed by atoms with Crippen molar-refractivity contribution in [3.8, 4) is 0 Å². The second kappa shape index (κ2) is 7.58. The first-order valence-corrected chi connectivity index (χ1v) is 13.1. The van der Waals surface area contributed by atoms with E-state index in [-0.39, 0.29) is 17.6 Å². The zero-order valence-corrected chi connectivity index (χ0v) is 19.8. The highest BCUT2D eigenvalue weighted by Gasteiger charge is 2.63. The Morgan fingerprint density at radius 3 is 2.43 bits per heavy atom. The molecule has 30 heavy (non-hydrogen) atoms. The van der Waals surface area contributed by atoms with Crippen molar-refractivity contribution in [1.29, 1.82) is 0 Å². The number of fused-ring (bicyclic) bond motifs is 5. The van der Waals surface area contributed by atoms with Crippen LogP contribution in [0.5, 0.6) is 0 Å². The van der Waals surface area contributed by atoms with Crippen LogP contribution >= 0.6 is 0 Å². The summed E-state index contributed by atoms with van der Waals surface area (Å²) >= 11 is 0. The quantitative estimate of drug-likeness (QED) is 0.627. The topological polar surface area (TPSA) is 52.8 Å². The van der Waals surface area contributed by atoms with E-state index in [0.29, 0.717) is 29.1 Å². The Hall–Kier alpha value is -0.410. The Morgan fingerprint density at radius 1 is 0.933 bits per heavy atom. The van der Waals surface area contributed by atoms with Crippen LogP contribution in [-0.4, -0.2) is 34.7 Å². The third kappa shape index (κ3) is 3.16. The van der Waals surface area contributed by atoms with E-state index in [1.165, 1.54) is 44.2 Å². The van der Waals surface area contributed by atoms with Crippen LogP contribution in [0.4, 0.5) is 0 Å². The molecule has 0 aromatic heterocycles. The van der Waals surface area contributed by atoms with Crippen molar-refractivity contribution in [2.45, 2.75) is 104 Å². The van der Waals surface area contributed by atoms with Gasteiger partial charge in [0.2, 0.25) is 0 Å². The van der Waals surface area contributed by atoms with Crippen LogP contribution in [0.2, 0.25) is 0 Å². The van der Waals surface area contributed by atoms with Crippen molar-refractivity contribution in [2.24, 2.45) is 57.2 Å². The van der Waals surface area contributed by atoms with E-state index >= 15 is 0 Å². The average molecular weight is 416 g/mol. The number of aliphatic hydroxyl groups is 2. The standard InChI is InChI=1S/C27H45NO2/c1-16-5-8-23(28-15-16)17(2)25-24(30)14-22-20-7-6-18-13-19(29)9-11-26(18,3)21(20)10-12-27(22,25)4/h16-22,24-25,29-30H,5-15H2,1-4H3/t16-,17+,18+,19-,20-,21+,22+,24-,25-,26+,27-/m1/s1. The van der Waals surface area contributed by atoms with Crippen LogP contribution in [-0.2, 0) is 0 Å². The van der Waals surface area contributed by atoms with Gasteiger partial charge >= 0.3 is 0 Å². The molecule has 0 saturated heterocycles. The summed E-state index contributed by atoms with van der Waals surface area (Å²) in [6, 6.07) is 0. The number of nitrogens with zero attached hydrogens (tertiary/aromatic N) is 1. The molecule has 4 aliphatic carbocycles. The first-order valence-electron chi connectivity index (χ1n) is 13.1. The third-order valence-electron chi connectivity index (χ3n) is 11.3. The molecule has 11 atom stereocenters. The summed E-state index contributed by atoms with van der Waals surface area (Å²) in [6.45, 7) is 10.8. The summed E-state index contributed by atoms with van der Waals surface area (Å²) in [4.78, 5) is 4.99. The monoisotopic (exact) mass is 415 g/mol. The SMILES string of the molecule is C[C@@H]1CCC([C@H](C)[C@@H]2[C@H](O)C[C@H]3[C@@H]4CC[C@H]5C[C@H](O)CC[C@]5(C)[C@H]4CC[C@@]23C)=NC1. The molecule has 0 spiro atoms. The lowest BCUT2D eigenvalue weighted by Crippen LogP contribution is -2.54. The summed E-state index contributed by atoms with van der Waals surface area (Å²) in [7, 11) is 0. The molecule has 5 rings (SSSR count). The van der Waals surface area contributed by atoms with Crippen LogP contribution in [0.25, 0.3) is 0 Å². The van der Waals surface area contributed by atoms with Gasteiger partial charge in [0.25, 0.3) is 0 Å². The van der Waals surface area contributed by atoms with E-state index in [9.17, 15) is 10.2 Å². The van der Waals surface area contributed by atoms with E-state index in [0.717, 1.165) is 50.0 Å². The molecule has 0 aromatic carbocycles. The Labute approximate surface area is 184 Å². The van der Waals surface area contributed by atoms with Gasteiger partial charge in [-0.15, -0.1) is 0 Å². The molecule has 0 unspecified atom stereocenters. The average Bonchev–Trinajstić information content (AvgIpc) is 2.98. The van der Waals surface area contributed by atoms with Gasteiger partial charge in [0.1, 0.15) is 0 Å². The highest BCUT2D eigenvalue weighted by atomic mass is 16.3. The molecular weight excluding hydrogens is 370 g/mol. The maximum absolute atomic E-state index is 11.4. The number of hydrogen-bond acceptors (Lipinski definition) is 3. The van der Waals surface area contributed by atoms with Gasteiger partial charge in [0, 0.05) is 12.3 Å². The van der Waals surface area contributed by atoms with Crippen molar-refractivity contribution < 1.29 is 10.2 Å². The second-order valence-corrected chi connectivity index (χ2v) is 12.7. The molecule has 0 radical (unpaired) electrons.